The summed E-state index contributed by atoms with van der Waals surface area (Å²) >= 11 is 2.86. The fourth-order valence-corrected chi connectivity index (χ4v) is 4.16. The molecule has 0 bridgehead atoms. The van der Waals surface area contributed by atoms with Crippen molar-refractivity contribution in [1.29, 1.82) is 0 Å². The molecule has 4 rings (SSSR count). The largest absolute Gasteiger partial charge is 0.487 e. The molecule has 0 unspecified atom stereocenters. The first-order valence-electron chi connectivity index (χ1n) is 9.54. The lowest BCUT2D eigenvalue weighted by molar-refractivity contribution is -0.111. The number of nitrogens with one attached hydrogen (secondary N) is 2. The van der Waals surface area contributed by atoms with Crippen LogP contribution < -0.4 is 15.8 Å². The second kappa shape index (κ2) is 9.58. The van der Waals surface area contributed by atoms with Crippen LogP contribution in [0.4, 0.5) is 5.13 Å². The van der Waals surface area contributed by atoms with Gasteiger partial charge in [-0.3, -0.25) is 14.9 Å². The Morgan fingerprint density at radius 3 is 2.81 bits per heavy atom. The summed E-state index contributed by atoms with van der Waals surface area (Å²) in [5, 5.41) is 7.93. The second-order valence-corrected chi connectivity index (χ2v) is 8.63. The molecule has 4 aromatic rings. The van der Waals surface area contributed by atoms with Crippen LogP contribution in [0.5, 0.6) is 5.75 Å². The molecule has 4 N–H and O–H groups in total. The fraction of sp³-hybridized carbons (Fsp3) is 0.0909. The van der Waals surface area contributed by atoms with Crippen molar-refractivity contribution in [1.82, 2.24) is 15.0 Å². The first-order valence-corrected chi connectivity index (χ1v) is 11.3. The summed E-state index contributed by atoms with van der Waals surface area (Å²) in [6.07, 6.45) is 4.76. The van der Waals surface area contributed by atoms with Crippen LogP contribution >= 0.6 is 22.7 Å². The highest BCUT2D eigenvalue weighted by atomic mass is 32.1. The minimum Gasteiger partial charge on any atom is -0.487 e. The van der Waals surface area contributed by atoms with Gasteiger partial charge in [-0.05, 0) is 25.1 Å². The lowest BCUT2D eigenvalue weighted by atomic mass is 10.2. The first-order chi connectivity index (χ1) is 15.5. The highest BCUT2D eigenvalue weighted by molar-refractivity contribution is 7.14. The van der Waals surface area contributed by atoms with Gasteiger partial charge in [0.25, 0.3) is 5.91 Å². The number of aromatic amines is 1. The Morgan fingerprint density at radius 1 is 1.22 bits per heavy atom. The van der Waals surface area contributed by atoms with Crippen molar-refractivity contribution < 1.29 is 14.3 Å². The summed E-state index contributed by atoms with van der Waals surface area (Å²) in [7, 11) is 0. The predicted octanol–water partition coefficient (Wildman–Crippen LogP) is 4.23. The minimum absolute atomic E-state index is 0.298. The molecule has 0 aliphatic carbocycles. The van der Waals surface area contributed by atoms with Crippen LogP contribution in [-0.2, 0) is 11.4 Å². The van der Waals surface area contributed by atoms with E-state index in [-0.39, 0.29) is 5.91 Å². The molecular weight excluding hydrogens is 446 g/mol. The number of rotatable bonds is 8. The molecule has 0 fully saturated rings. The van der Waals surface area contributed by atoms with E-state index in [4.69, 9.17) is 10.5 Å². The van der Waals surface area contributed by atoms with Gasteiger partial charge >= 0.3 is 0 Å². The SMILES string of the molecule is Cc1nc(COc2ccccc2/C=C/C(=O)Nc2nc(-c3c[nH]c(C(N)=O)c3)cs2)cs1. The van der Waals surface area contributed by atoms with Gasteiger partial charge in [0.05, 0.1) is 16.4 Å². The van der Waals surface area contributed by atoms with Crippen LogP contribution in [0.15, 0.2) is 53.4 Å². The number of aromatic nitrogens is 3. The van der Waals surface area contributed by atoms with E-state index in [1.54, 1.807) is 35.1 Å². The molecule has 1 aromatic carbocycles. The summed E-state index contributed by atoms with van der Waals surface area (Å²) in [6.45, 7) is 2.31. The zero-order valence-corrected chi connectivity index (χ0v) is 18.6. The number of benzene rings is 1. The van der Waals surface area contributed by atoms with Gasteiger partial charge in [0.1, 0.15) is 18.1 Å². The van der Waals surface area contributed by atoms with Crippen molar-refractivity contribution in [3.63, 3.8) is 0 Å². The fourth-order valence-electron chi connectivity index (χ4n) is 2.84. The van der Waals surface area contributed by atoms with Gasteiger partial charge in [-0.15, -0.1) is 22.7 Å². The van der Waals surface area contributed by atoms with Crippen LogP contribution in [0.25, 0.3) is 17.3 Å². The number of nitrogens with two attached hydrogens (primary N) is 1. The van der Waals surface area contributed by atoms with E-state index in [0.29, 0.717) is 34.4 Å². The molecule has 0 aliphatic rings. The molecule has 0 aliphatic heterocycles. The summed E-state index contributed by atoms with van der Waals surface area (Å²) in [6, 6.07) is 9.09. The Kier molecular flexibility index (Phi) is 6.43. The summed E-state index contributed by atoms with van der Waals surface area (Å²) in [5.74, 6) is -0.199. The highest BCUT2D eigenvalue weighted by Gasteiger charge is 2.11. The summed E-state index contributed by atoms with van der Waals surface area (Å²) in [4.78, 5) is 35.2. The molecule has 0 atom stereocenters. The van der Waals surface area contributed by atoms with Crippen LogP contribution in [0.2, 0.25) is 0 Å². The molecule has 162 valence electrons. The van der Waals surface area contributed by atoms with Gasteiger partial charge in [-0.25, -0.2) is 9.97 Å². The monoisotopic (exact) mass is 465 g/mol. The standard InChI is InChI=1S/C22H19N5O3S2/c1-13-25-16(11-31-13)10-30-19-5-3-2-4-14(19)6-7-20(28)27-22-26-18(12-32-22)15-8-17(21(23)29)24-9-15/h2-9,11-12,24H,10H2,1H3,(H2,23,29)(H,26,27,28)/b7-6+. The number of nitrogens with zero attached hydrogens (tertiary/aromatic N) is 2. The number of thiazole rings is 2. The Bertz CT molecular complexity index is 1290. The summed E-state index contributed by atoms with van der Waals surface area (Å²) in [5.41, 5.74) is 8.55. The van der Waals surface area contributed by atoms with Gasteiger partial charge in [0.2, 0.25) is 5.91 Å². The molecular formula is C22H19N5O3S2. The molecule has 0 saturated heterocycles. The number of hydrogen-bond acceptors (Lipinski definition) is 7. The number of hydrogen-bond donors (Lipinski definition) is 3. The Balaban J connectivity index is 1.38. The number of carbonyl (C=O) groups excluding carboxylic acids is 2. The maximum atomic E-state index is 12.4. The van der Waals surface area contributed by atoms with E-state index < -0.39 is 5.91 Å². The van der Waals surface area contributed by atoms with E-state index in [1.165, 1.54) is 17.4 Å². The molecule has 2 amide bonds. The maximum Gasteiger partial charge on any atom is 0.265 e. The van der Waals surface area contributed by atoms with Crippen molar-refractivity contribution in [3.8, 4) is 17.0 Å². The number of para-hydroxylation sites is 1. The van der Waals surface area contributed by atoms with Crippen molar-refractivity contribution in [2.45, 2.75) is 13.5 Å². The maximum absolute atomic E-state index is 12.4. The third-order valence-electron chi connectivity index (χ3n) is 4.35. The van der Waals surface area contributed by atoms with Gasteiger partial charge in [0, 0.05) is 34.2 Å². The van der Waals surface area contributed by atoms with E-state index in [2.05, 4.69) is 20.3 Å². The van der Waals surface area contributed by atoms with E-state index in [9.17, 15) is 9.59 Å². The number of amides is 2. The van der Waals surface area contributed by atoms with Crippen molar-refractivity contribution in [2.75, 3.05) is 5.32 Å². The topological polar surface area (TPSA) is 123 Å². The zero-order chi connectivity index (χ0) is 22.5. The number of carbonyl (C=O) groups is 2. The van der Waals surface area contributed by atoms with Crippen molar-refractivity contribution in [2.24, 2.45) is 5.73 Å². The number of primary amides is 1. The van der Waals surface area contributed by atoms with Crippen LogP contribution in [0, 0.1) is 6.92 Å². The molecule has 0 radical (unpaired) electrons. The Labute approximate surface area is 191 Å². The smallest absolute Gasteiger partial charge is 0.265 e. The van der Waals surface area contributed by atoms with E-state index >= 15 is 0 Å². The van der Waals surface area contributed by atoms with Gasteiger partial charge in [0.15, 0.2) is 5.13 Å². The zero-order valence-electron chi connectivity index (χ0n) is 17.0. The normalized spacial score (nSPS) is 11.0. The van der Waals surface area contributed by atoms with Crippen LogP contribution in [-0.4, -0.2) is 26.8 Å². The van der Waals surface area contributed by atoms with Crippen molar-refractivity contribution >= 4 is 45.7 Å². The average molecular weight is 466 g/mol. The van der Waals surface area contributed by atoms with E-state index in [1.807, 2.05) is 36.6 Å². The Hall–Kier alpha value is -3.76. The molecule has 3 aromatic heterocycles. The molecule has 32 heavy (non-hydrogen) atoms. The first kappa shape index (κ1) is 21.5. The third kappa shape index (κ3) is 5.29. The third-order valence-corrected chi connectivity index (χ3v) is 5.93. The molecule has 8 nitrogen and oxygen atoms in total. The molecule has 10 heteroatoms. The van der Waals surface area contributed by atoms with Gasteiger partial charge < -0.3 is 15.5 Å². The number of anilines is 1. The second-order valence-electron chi connectivity index (χ2n) is 6.71. The van der Waals surface area contributed by atoms with Crippen LogP contribution in [0.1, 0.15) is 26.8 Å². The lowest BCUT2D eigenvalue weighted by Gasteiger charge is -2.07. The van der Waals surface area contributed by atoms with E-state index in [0.717, 1.165) is 16.3 Å². The minimum atomic E-state index is -0.545. The van der Waals surface area contributed by atoms with Crippen LogP contribution in [0.3, 0.4) is 0 Å². The number of aryl methyl sites for hydroxylation is 1. The Morgan fingerprint density at radius 2 is 2.06 bits per heavy atom. The highest BCUT2D eigenvalue weighted by Crippen LogP contribution is 2.26. The lowest BCUT2D eigenvalue weighted by Crippen LogP contribution is -2.10. The number of ether oxygens (including phenoxy) is 1. The average Bonchev–Trinajstić information content (AvgIpc) is 3.52. The summed E-state index contributed by atoms with van der Waals surface area (Å²) < 4.78 is 5.87. The quantitative estimate of drug-likeness (QED) is 0.336. The number of H-pyrrole nitrogens is 1. The predicted molar refractivity (Wildman–Crippen MR) is 126 cm³/mol. The molecule has 0 spiro atoms. The molecule has 3 heterocycles. The van der Waals surface area contributed by atoms with Gasteiger partial charge in [-0.1, -0.05) is 18.2 Å². The van der Waals surface area contributed by atoms with Crippen molar-refractivity contribution in [3.05, 3.63) is 75.3 Å². The molecule has 0 saturated carbocycles. The van der Waals surface area contributed by atoms with Gasteiger partial charge in [-0.2, -0.15) is 0 Å².